The summed E-state index contributed by atoms with van der Waals surface area (Å²) >= 11 is 12.5. The van der Waals surface area contributed by atoms with Crippen LogP contribution in [0.25, 0.3) is 0 Å². The van der Waals surface area contributed by atoms with Gasteiger partial charge in [-0.05, 0) is 60.6 Å². The number of carbonyl (C=O) groups excluding carboxylic acids is 1. The van der Waals surface area contributed by atoms with Crippen LogP contribution in [0.5, 0.6) is 0 Å². The van der Waals surface area contributed by atoms with Crippen molar-refractivity contribution in [3.63, 3.8) is 0 Å². The third kappa shape index (κ3) is 4.52. The molecule has 1 amide bonds. The van der Waals surface area contributed by atoms with Crippen molar-refractivity contribution in [2.24, 2.45) is 11.3 Å². The van der Waals surface area contributed by atoms with Gasteiger partial charge in [-0.1, -0.05) is 54.4 Å². The van der Waals surface area contributed by atoms with Gasteiger partial charge in [-0.15, -0.1) is 0 Å². The highest BCUT2D eigenvalue weighted by atomic mass is 35.5. The SMILES string of the molecule is C[C@]1(CC(=O)O)CC(c2cccc(Cl)c2)[C@@H](c2ccc(Cl)cc2)N(C(CO)C2CC2)C1=O. The predicted octanol–water partition coefficient (Wildman–Crippen LogP) is 5.30. The largest absolute Gasteiger partial charge is 0.481 e. The Morgan fingerprint density at radius 3 is 2.38 bits per heavy atom. The van der Waals surface area contributed by atoms with Crippen LogP contribution in [0.4, 0.5) is 0 Å². The van der Waals surface area contributed by atoms with Gasteiger partial charge in [-0.25, -0.2) is 0 Å². The van der Waals surface area contributed by atoms with E-state index < -0.39 is 11.4 Å². The number of rotatable bonds is 7. The molecule has 0 spiro atoms. The number of amides is 1. The van der Waals surface area contributed by atoms with Crippen LogP contribution in [0.2, 0.25) is 10.0 Å². The fourth-order valence-corrected chi connectivity index (χ4v) is 5.51. The third-order valence-corrected chi connectivity index (χ3v) is 7.33. The number of aliphatic hydroxyl groups excluding tert-OH is 1. The van der Waals surface area contributed by atoms with Gasteiger partial charge in [0, 0.05) is 16.0 Å². The van der Waals surface area contributed by atoms with Gasteiger partial charge < -0.3 is 15.1 Å². The molecule has 0 bridgehead atoms. The molecule has 170 valence electrons. The Labute approximate surface area is 197 Å². The first-order chi connectivity index (χ1) is 15.2. The highest BCUT2D eigenvalue weighted by molar-refractivity contribution is 6.30. The molecule has 0 radical (unpaired) electrons. The number of hydrogen-bond acceptors (Lipinski definition) is 3. The average Bonchev–Trinajstić information content (AvgIpc) is 3.57. The number of aliphatic hydroxyl groups is 1. The second-order valence-electron chi connectivity index (χ2n) is 9.29. The molecule has 1 saturated carbocycles. The number of benzene rings is 2. The van der Waals surface area contributed by atoms with Crippen molar-refractivity contribution in [3.05, 3.63) is 69.7 Å². The molecule has 2 fully saturated rings. The van der Waals surface area contributed by atoms with Crippen LogP contribution in [0, 0.1) is 11.3 Å². The van der Waals surface area contributed by atoms with E-state index in [9.17, 15) is 19.8 Å². The van der Waals surface area contributed by atoms with Crippen LogP contribution < -0.4 is 0 Å². The topological polar surface area (TPSA) is 77.8 Å². The molecule has 1 saturated heterocycles. The van der Waals surface area contributed by atoms with Gasteiger partial charge in [0.25, 0.3) is 0 Å². The summed E-state index contributed by atoms with van der Waals surface area (Å²) in [4.78, 5) is 27.4. The van der Waals surface area contributed by atoms with Crippen molar-refractivity contribution in [3.8, 4) is 0 Å². The standard InChI is InChI=1S/C25H27Cl2NO4/c1-25(13-22(30)31)12-20(17-3-2-4-19(27)11-17)23(16-7-9-18(26)10-8-16)28(24(25)32)21(14-29)15-5-6-15/h2-4,7-11,15,20-21,23,29H,5-6,12-14H2,1H3,(H,30,31)/t20?,21?,23-,25-/m1/s1. The Morgan fingerprint density at radius 1 is 1.12 bits per heavy atom. The number of carboxylic acid groups (broad SMARTS) is 1. The average molecular weight is 476 g/mol. The number of hydrogen-bond donors (Lipinski definition) is 2. The molecular weight excluding hydrogens is 449 g/mol. The summed E-state index contributed by atoms with van der Waals surface area (Å²) in [6.45, 7) is 1.57. The summed E-state index contributed by atoms with van der Waals surface area (Å²) in [6.07, 6.45) is 1.99. The third-order valence-electron chi connectivity index (χ3n) is 6.84. The van der Waals surface area contributed by atoms with E-state index in [1.165, 1.54) is 0 Å². The molecule has 2 aromatic carbocycles. The minimum absolute atomic E-state index is 0.161. The first-order valence-corrected chi connectivity index (χ1v) is 11.7. The van der Waals surface area contributed by atoms with Crippen LogP contribution in [-0.4, -0.2) is 39.6 Å². The molecular formula is C25H27Cl2NO4. The maximum atomic E-state index is 13.9. The summed E-state index contributed by atoms with van der Waals surface area (Å²) in [5, 5.41) is 21.1. The highest BCUT2D eigenvalue weighted by Crippen LogP contribution is 2.53. The molecule has 2 unspecified atom stereocenters. The van der Waals surface area contributed by atoms with Crippen molar-refractivity contribution in [2.75, 3.05) is 6.61 Å². The zero-order chi connectivity index (χ0) is 23.0. The quantitative estimate of drug-likeness (QED) is 0.569. The van der Waals surface area contributed by atoms with Crippen molar-refractivity contribution < 1.29 is 19.8 Å². The number of carbonyl (C=O) groups is 2. The van der Waals surface area contributed by atoms with Crippen molar-refractivity contribution in [2.45, 2.75) is 50.6 Å². The van der Waals surface area contributed by atoms with E-state index in [-0.39, 0.29) is 42.9 Å². The Balaban J connectivity index is 1.89. The van der Waals surface area contributed by atoms with Crippen LogP contribution in [-0.2, 0) is 9.59 Å². The lowest BCUT2D eigenvalue weighted by Crippen LogP contribution is -2.57. The van der Waals surface area contributed by atoms with E-state index in [4.69, 9.17) is 23.2 Å². The lowest BCUT2D eigenvalue weighted by Gasteiger charge is -2.51. The Kier molecular flexibility index (Phi) is 6.53. The first-order valence-electron chi connectivity index (χ1n) is 10.9. The van der Waals surface area contributed by atoms with E-state index in [0.717, 1.165) is 24.0 Å². The predicted molar refractivity (Wildman–Crippen MR) is 124 cm³/mol. The van der Waals surface area contributed by atoms with E-state index >= 15 is 0 Å². The monoisotopic (exact) mass is 475 g/mol. The smallest absolute Gasteiger partial charge is 0.304 e. The molecule has 2 N–H and O–H groups in total. The molecule has 2 aromatic rings. The minimum atomic E-state index is -1.09. The molecule has 4 rings (SSSR count). The Bertz CT molecular complexity index is 1010. The van der Waals surface area contributed by atoms with Crippen molar-refractivity contribution in [1.29, 1.82) is 0 Å². The van der Waals surface area contributed by atoms with Crippen LogP contribution in [0.15, 0.2) is 48.5 Å². The maximum Gasteiger partial charge on any atom is 0.304 e. The molecule has 4 atom stereocenters. The first kappa shape index (κ1) is 23.1. The van der Waals surface area contributed by atoms with Gasteiger partial charge >= 0.3 is 5.97 Å². The molecule has 5 nitrogen and oxygen atoms in total. The summed E-state index contributed by atoms with van der Waals surface area (Å²) < 4.78 is 0. The molecule has 32 heavy (non-hydrogen) atoms. The number of halogens is 2. The van der Waals surface area contributed by atoms with Crippen LogP contribution in [0.1, 0.15) is 55.7 Å². The molecule has 0 aromatic heterocycles. The van der Waals surface area contributed by atoms with Gasteiger partial charge in [0.1, 0.15) is 0 Å². The van der Waals surface area contributed by atoms with Crippen molar-refractivity contribution >= 4 is 35.1 Å². The van der Waals surface area contributed by atoms with E-state index in [1.54, 1.807) is 30.0 Å². The van der Waals surface area contributed by atoms with Crippen molar-refractivity contribution in [1.82, 2.24) is 4.90 Å². The van der Waals surface area contributed by atoms with Crippen LogP contribution >= 0.6 is 23.2 Å². The second-order valence-corrected chi connectivity index (χ2v) is 10.2. The number of carboxylic acids is 1. The molecule has 1 aliphatic heterocycles. The number of nitrogens with zero attached hydrogens (tertiary/aromatic N) is 1. The molecule has 1 heterocycles. The molecule has 7 heteroatoms. The lowest BCUT2D eigenvalue weighted by atomic mass is 9.67. The van der Waals surface area contributed by atoms with Gasteiger partial charge in [0.05, 0.1) is 30.5 Å². The fourth-order valence-electron chi connectivity index (χ4n) is 5.19. The normalized spacial score (nSPS) is 26.8. The highest BCUT2D eigenvalue weighted by Gasteiger charge is 2.54. The van der Waals surface area contributed by atoms with Gasteiger partial charge in [0.2, 0.25) is 5.91 Å². The summed E-state index contributed by atoms with van der Waals surface area (Å²) in [7, 11) is 0. The van der Waals surface area contributed by atoms with Crippen LogP contribution in [0.3, 0.4) is 0 Å². The van der Waals surface area contributed by atoms with Gasteiger partial charge in [0.15, 0.2) is 0 Å². The fraction of sp³-hybridized carbons (Fsp3) is 0.440. The second kappa shape index (κ2) is 9.05. The zero-order valence-corrected chi connectivity index (χ0v) is 19.4. The lowest BCUT2D eigenvalue weighted by molar-refractivity contribution is -0.162. The molecule has 1 aliphatic carbocycles. The summed E-state index contributed by atoms with van der Waals surface area (Å²) in [5.41, 5.74) is 0.757. The Morgan fingerprint density at radius 2 is 1.81 bits per heavy atom. The summed E-state index contributed by atoms with van der Waals surface area (Å²) in [6, 6.07) is 14.2. The number of aliphatic carboxylic acids is 1. The van der Waals surface area contributed by atoms with Gasteiger partial charge in [-0.3, -0.25) is 9.59 Å². The van der Waals surface area contributed by atoms with E-state index in [0.29, 0.717) is 16.5 Å². The maximum absolute atomic E-state index is 13.9. The number of likely N-dealkylation sites (tertiary alicyclic amines) is 1. The summed E-state index contributed by atoms with van der Waals surface area (Å²) in [5.74, 6) is -1.21. The van der Waals surface area contributed by atoms with E-state index in [2.05, 4.69) is 0 Å². The molecule has 2 aliphatic rings. The number of piperidine rings is 1. The van der Waals surface area contributed by atoms with E-state index in [1.807, 2.05) is 30.3 Å². The zero-order valence-electron chi connectivity index (χ0n) is 17.9. The minimum Gasteiger partial charge on any atom is -0.481 e. The van der Waals surface area contributed by atoms with Gasteiger partial charge in [-0.2, -0.15) is 0 Å². The Hall–Kier alpha value is -2.08.